The molecule has 0 spiro atoms. The number of unbranched alkanes of at least 4 members (excludes halogenated alkanes) is 1. The second-order valence-electron chi connectivity index (χ2n) is 8.13. The van der Waals surface area contributed by atoms with Crippen LogP contribution in [0, 0.1) is 0 Å². The summed E-state index contributed by atoms with van der Waals surface area (Å²) in [6.45, 7) is 10.5. The molecule has 0 aromatic heterocycles. The standard InChI is InChI=1S/C25H35NO3/c1-19(2)26(20(3)4)15-9-8-12-23(22-10-6-5-7-11-22)24-16-21(17-27)13-14-25(24)29-18-28/h5-7,10-11,13-14,16,18-20,23,27H,8-9,12,15,17H2,1-4H3. The second kappa shape index (κ2) is 11.7. The minimum absolute atomic E-state index is 0.0341. The Bertz CT molecular complexity index is 735. The maximum Gasteiger partial charge on any atom is 0.298 e. The number of nitrogens with zero attached hydrogens (tertiary/aromatic N) is 1. The lowest BCUT2D eigenvalue weighted by Gasteiger charge is -2.30. The number of carbonyl (C=O) groups excluding carboxylic acids is 1. The van der Waals surface area contributed by atoms with Crippen LogP contribution in [0.5, 0.6) is 5.75 Å². The van der Waals surface area contributed by atoms with E-state index in [1.807, 2.05) is 24.3 Å². The molecule has 29 heavy (non-hydrogen) atoms. The van der Waals surface area contributed by atoms with Crippen LogP contribution < -0.4 is 4.74 Å². The lowest BCUT2D eigenvalue weighted by atomic mass is 9.85. The van der Waals surface area contributed by atoms with Crippen molar-refractivity contribution >= 4 is 6.47 Å². The van der Waals surface area contributed by atoms with Gasteiger partial charge in [-0.05, 0) is 70.3 Å². The Labute approximate surface area is 175 Å². The number of aliphatic hydroxyl groups excluding tert-OH is 1. The lowest BCUT2D eigenvalue weighted by Crippen LogP contribution is -2.37. The molecule has 2 aromatic carbocycles. The zero-order chi connectivity index (χ0) is 21.2. The first-order valence-electron chi connectivity index (χ1n) is 10.6. The summed E-state index contributed by atoms with van der Waals surface area (Å²) in [6.07, 6.45) is 3.14. The molecule has 0 aliphatic heterocycles. The van der Waals surface area contributed by atoms with E-state index >= 15 is 0 Å². The van der Waals surface area contributed by atoms with Gasteiger partial charge in [-0.25, -0.2) is 0 Å². The molecule has 2 aromatic rings. The SMILES string of the molecule is CC(C)N(CCCCC(c1ccccc1)c1cc(CO)ccc1OC=O)C(C)C. The van der Waals surface area contributed by atoms with Gasteiger partial charge < -0.3 is 9.84 Å². The van der Waals surface area contributed by atoms with Gasteiger partial charge >= 0.3 is 0 Å². The summed E-state index contributed by atoms with van der Waals surface area (Å²) in [7, 11) is 0. The van der Waals surface area contributed by atoms with Gasteiger partial charge in [-0.1, -0.05) is 42.8 Å². The van der Waals surface area contributed by atoms with Crippen LogP contribution in [-0.2, 0) is 11.4 Å². The van der Waals surface area contributed by atoms with Gasteiger partial charge in [0.25, 0.3) is 6.47 Å². The Balaban J connectivity index is 2.22. The van der Waals surface area contributed by atoms with Crippen LogP contribution in [-0.4, -0.2) is 35.1 Å². The van der Waals surface area contributed by atoms with Crippen molar-refractivity contribution in [2.45, 2.75) is 71.6 Å². The average molecular weight is 398 g/mol. The van der Waals surface area contributed by atoms with Crippen LogP contribution in [0.1, 0.15) is 69.6 Å². The van der Waals surface area contributed by atoms with Gasteiger partial charge in [0.05, 0.1) is 6.61 Å². The fourth-order valence-electron chi connectivity index (χ4n) is 4.07. The monoisotopic (exact) mass is 397 g/mol. The first kappa shape index (κ1) is 23.1. The number of hydrogen-bond donors (Lipinski definition) is 1. The van der Waals surface area contributed by atoms with E-state index in [0.29, 0.717) is 24.3 Å². The molecule has 1 N–H and O–H groups in total. The van der Waals surface area contributed by atoms with Crippen LogP contribution in [0.3, 0.4) is 0 Å². The van der Waals surface area contributed by atoms with Crippen molar-refractivity contribution in [3.63, 3.8) is 0 Å². The topological polar surface area (TPSA) is 49.8 Å². The molecule has 2 rings (SSSR count). The van der Waals surface area contributed by atoms with Gasteiger partial charge in [0, 0.05) is 23.6 Å². The van der Waals surface area contributed by atoms with Crippen LogP contribution in [0.2, 0.25) is 0 Å². The van der Waals surface area contributed by atoms with E-state index < -0.39 is 0 Å². The average Bonchev–Trinajstić information content (AvgIpc) is 2.71. The second-order valence-corrected chi connectivity index (χ2v) is 8.13. The third-order valence-corrected chi connectivity index (χ3v) is 5.49. The quantitative estimate of drug-likeness (QED) is 0.398. The Morgan fingerprint density at radius 1 is 1.00 bits per heavy atom. The number of benzene rings is 2. The number of aliphatic hydroxyl groups is 1. The summed E-state index contributed by atoms with van der Waals surface area (Å²) in [5.41, 5.74) is 2.98. The molecule has 4 nitrogen and oxygen atoms in total. The van der Waals surface area contributed by atoms with Crippen molar-refractivity contribution < 1.29 is 14.6 Å². The summed E-state index contributed by atoms with van der Waals surface area (Å²) in [5.74, 6) is 0.682. The van der Waals surface area contributed by atoms with Gasteiger partial charge in [0.15, 0.2) is 0 Å². The van der Waals surface area contributed by atoms with Gasteiger partial charge in [-0.15, -0.1) is 0 Å². The molecule has 0 aliphatic rings. The molecule has 0 bridgehead atoms. The van der Waals surface area contributed by atoms with Crippen molar-refractivity contribution in [2.24, 2.45) is 0 Å². The van der Waals surface area contributed by atoms with Gasteiger partial charge in [-0.3, -0.25) is 9.69 Å². The largest absolute Gasteiger partial charge is 0.428 e. The van der Waals surface area contributed by atoms with Crippen LogP contribution in [0.25, 0.3) is 0 Å². The Morgan fingerprint density at radius 3 is 2.28 bits per heavy atom. The summed E-state index contributed by atoms with van der Waals surface area (Å²) < 4.78 is 5.28. The van der Waals surface area contributed by atoms with E-state index in [0.717, 1.165) is 36.9 Å². The first-order chi connectivity index (χ1) is 14.0. The number of rotatable bonds is 12. The van der Waals surface area contributed by atoms with E-state index in [2.05, 4.69) is 44.7 Å². The molecule has 158 valence electrons. The predicted molar refractivity (Wildman–Crippen MR) is 118 cm³/mol. The minimum Gasteiger partial charge on any atom is -0.428 e. The molecule has 0 saturated heterocycles. The molecule has 1 unspecified atom stereocenters. The number of carbonyl (C=O) groups is 1. The highest BCUT2D eigenvalue weighted by atomic mass is 16.5. The van der Waals surface area contributed by atoms with Crippen molar-refractivity contribution in [1.82, 2.24) is 4.90 Å². The summed E-state index contributed by atoms with van der Waals surface area (Å²) in [5, 5.41) is 9.60. The molecule has 0 heterocycles. The number of hydrogen-bond acceptors (Lipinski definition) is 4. The van der Waals surface area contributed by atoms with Crippen molar-refractivity contribution in [3.05, 3.63) is 65.2 Å². The maximum absolute atomic E-state index is 11.0. The molecular weight excluding hydrogens is 362 g/mol. The Hall–Kier alpha value is -2.17. The van der Waals surface area contributed by atoms with E-state index in [1.165, 1.54) is 5.56 Å². The van der Waals surface area contributed by atoms with E-state index in [4.69, 9.17) is 4.74 Å². The lowest BCUT2D eigenvalue weighted by molar-refractivity contribution is -0.120. The molecule has 4 heteroatoms. The number of ether oxygens (including phenoxy) is 1. The molecule has 0 radical (unpaired) electrons. The summed E-state index contributed by atoms with van der Waals surface area (Å²) >= 11 is 0. The molecule has 0 fully saturated rings. The highest BCUT2D eigenvalue weighted by Gasteiger charge is 2.20. The molecule has 0 saturated carbocycles. The van der Waals surface area contributed by atoms with Gasteiger partial charge in [-0.2, -0.15) is 0 Å². The zero-order valence-electron chi connectivity index (χ0n) is 18.2. The zero-order valence-corrected chi connectivity index (χ0v) is 18.2. The van der Waals surface area contributed by atoms with E-state index in [1.54, 1.807) is 12.1 Å². The van der Waals surface area contributed by atoms with E-state index in [-0.39, 0.29) is 12.5 Å². The maximum atomic E-state index is 11.0. The molecular formula is C25H35NO3. The van der Waals surface area contributed by atoms with Crippen LogP contribution >= 0.6 is 0 Å². The fourth-order valence-corrected chi connectivity index (χ4v) is 4.07. The molecule has 1 atom stereocenters. The van der Waals surface area contributed by atoms with Crippen LogP contribution in [0.4, 0.5) is 0 Å². The third kappa shape index (κ3) is 6.69. The third-order valence-electron chi connectivity index (χ3n) is 5.49. The molecule has 0 aliphatic carbocycles. The van der Waals surface area contributed by atoms with Gasteiger partial charge in [0.1, 0.15) is 5.75 Å². The van der Waals surface area contributed by atoms with E-state index in [9.17, 15) is 9.90 Å². The Kier molecular flexibility index (Phi) is 9.36. The van der Waals surface area contributed by atoms with Crippen molar-refractivity contribution in [2.75, 3.05) is 6.54 Å². The van der Waals surface area contributed by atoms with Crippen molar-refractivity contribution in [1.29, 1.82) is 0 Å². The summed E-state index contributed by atoms with van der Waals surface area (Å²) in [6, 6.07) is 16.9. The smallest absolute Gasteiger partial charge is 0.298 e. The van der Waals surface area contributed by atoms with Crippen LogP contribution in [0.15, 0.2) is 48.5 Å². The highest BCUT2D eigenvalue weighted by molar-refractivity contribution is 5.51. The fraction of sp³-hybridized carbons (Fsp3) is 0.480. The predicted octanol–water partition coefficient (Wildman–Crippen LogP) is 5.14. The first-order valence-corrected chi connectivity index (χ1v) is 10.6. The normalized spacial score (nSPS) is 12.6. The Morgan fingerprint density at radius 2 is 1.69 bits per heavy atom. The highest BCUT2D eigenvalue weighted by Crippen LogP contribution is 2.36. The summed E-state index contributed by atoms with van der Waals surface area (Å²) in [4.78, 5) is 13.5. The molecule has 0 amide bonds. The minimum atomic E-state index is -0.0341. The van der Waals surface area contributed by atoms with Gasteiger partial charge in [0.2, 0.25) is 0 Å². The van der Waals surface area contributed by atoms with Crippen molar-refractivity contribution in [3.8, 4) is 5.75 Å².